The molecule has 0 amide bonds. The molecule has 2 rings (SSSR count). The Kier molecular flexibility index (Phi) is 4.40. The predicted octanol–water partition coefficient (Wildman–Crippen LogP) is 6.38. The molecule has 1 heterocycles. The van der Waals surface area contributed by atoms with Crippen LogP contribution < -0.4 is 0 Å². The smallest absolute Gasteiger partial charge is 0.231 e. The molecular weight excluding hydrogens is 357 g/mol. The van der Waals surface area contributed by atoms with Crippen molar-refractivity contribution in [2.24, 2.45) is 0 Å². The van der Waals surface area contributed by atoms with Crippen LogP contribution in [0.3, 0.4) is 0 Å². The minimum absolute atomic E-state index is 0.0530. The number of aromatic nitrogens is 1. The second-order valence-electron chi connectivity index (χ2n) is 3.78. The Balaban J connectivity index is 2.70. The third-order valence-corrected chi connectivity index (χ3v) is 3.83. The van der Waals surface area contributed by atoms with Crippen LogP contribution in [0.15, 0.2) is 24.3 Å². The molecule has 0 fully saturated rings. The topological polar surface area (TPSA) is 12.9 Å². The first kappa shape index (κ1) is 15.7. The van der Waals surface area contributed by atoms with E-state index in [-0.39, 0.29) is 31.3 Å². The van der Waals surface area contributed by atoms with Gasteiger partial charge in [0, 0.05) is 5.56 Å². The highest BCUT2D eigenvalue weighted by Crippen LogP contribution is 2.40. The molecule has 1 aromatic carbocycles. The van der Waals surface area contributed by atoms with Crippen molar-refractivity contribution in [2.75, 3.05) is 0 Å². The monoisotopic (exact) mass is 359 g/mol. The summed E-state index contributed by atoms with van der Waals surface area (Å²) in [5.74, 6) is 0. The van der Waals surface area contributed by atoms with E-state index in [4.69, 9.17) is 46.4 Å². The van der Waals surface area contributed by atoms with E-state index in [1.807, 2.05) is 0 Å². The van der Waals surface area contributed by atoms with Gasteiger partial charge in [0.25, 0.3) is 0 Å². The molecule has 20 heavy (non-hydrogen) atoms. The number of hydrogen-bond donors (Lipinski definition) is 0. The van der Waals surface area contributed by atoms with E-state index in [1.165, 1.54) is 24.3 Å². The van der Waals surface area contributed by atoms with Gasteiger partial charge in [-0.15, -0.1) is 0 Å². The maximum atomic E-state index is 13.0. The van der Waals surface area contributed by atoms with Gasteiger partial charge in [-0.2, -0.15) is 13.2 Å². The standard InChI is InChI=1S/C12H4Cl4F3N/c13-7-3-5(4-8(14)10(7)16)6-1-2-9(15)20-11(6)12(17,18)19/h1-4H. The molecule has 1 nitrogen and oxygen atoms in total. The summed E-state index contributed by atoms with van der Waals surface area (Å²) >= 11 is 22.9. The molecule has 1 aromatic heterocycles. The first-order chi connectivity index (χ1) is 9.20. The van der Waals surface area contributed by atoms with Crippen LogP contribution in [0.25, 0.3) is 11.1 Å². The van der Waals surface area contributed by atoms with Crippen LogP contribution >= 0.6 is 46.4 Å². The van der Waals surface area contributed by atoms with Crippen LogP contribution in [0.1, 0.15) is 5.69 Å². The molecule has 2 aromatic rings. The Bertz CT molecular complexity index is 647. The minimum atomic E-state index is -4.65. The van der Waals surface area contributed by atoms with Gasteiger partial charge < -0.3 is 0 Å². The number of benzene rings is 1. The van der Waals surface area contributed by atoms with E-state index in [1.54, 1.807) is 0 Å². The van der Waals surface area contributed by atoms with Crippen LogP contribution in [0.4, 0.5) is 13.2 Å². The van der Waals surface area contributed by atoms with Crippen molar-refractivity contribution in [2.45, 2.75) is 6.18 Å². The van der Waals surface area contributed by atoms with Crippen molar-refractivity contribution in [3.8, 4) is 11.1 Å². The molecule has 0 aliphatic rings. The van der Waals surface area contributed by atoms with Crippen molar-refractivity contribution >= 4 is 46.4 Å². The molecule has 0 saturated carbocycles. The van der Waals surface area contributed by atoms with E-state index >= 15 is 0 Å². The number of hydrogen-bond acceptors (Lipinski definition) is 1. The highest BCUT2D eigenvalue weighted by molar-refractivity contribution is 6.48. The molecule has 0 unspecified atom stereocenters. The lowest BCUT2D eigenvalue weighted by molar-refractivity contribution is -0.140. The largest absolute Gasteiger partial charge is 0.434 e. The Morgan fingerprint density at radius 1 is 0.900 bits per heavy atom. The summed E-state index contributed by atoms with van der Waals surface area (Å²) in [6, 6.07) is 5.03. The maximum absolute atomic E-state index is 13.0. The third-order valence-electron chi connectivity index (χ3n) is 2.42. The molecule has 0 atom stereocenters. The van der Waals surface area contributed by atoms with Crippen LogP contribution in [0.2, 0.25) is 20.2 Å². The molecule has 0 saturated heterocycles. The van der Waals surface area contributed by atoms with Crippen molar-refractivity contribution < 1.29 is 13.2 Å². The summed E-state index contributed by atoms with van der Waals surface area (Å²) < 4.78 is 38.9. The van der Waals surface area contributed by atoms with Gasteiger partial charge in [0.2, 0.25) is 0 Å². The normalized spacial score (nSPS) is 11.8. The van der Waals surface area contributed by atoms with E-state index in [9.17, 15) is 13.2 Å². The number of rotatable bonds is 1. The van der Waals surface area contributed by atoms with Crippen molar-refractivity contribution in [3.05, 3.63) is 50.2 Å². The molecule has 0 radical (unpaired) electrons. The molecule has 8 heteroatoms. The SMILES string of the molecule is FC(F)(F)c1nc(Cl)ccc1-c1cc(Cl)c(Cl)c(Cl)c1. The molecule has 0 bridgehead atoms. The number of nitrogens with zero attached hydrogens (tertiary/aromatic N) is 1. The van der Waals surface area contributed by atoms with Gasteiger partial charge in [-0.05, 0) is 29.8 Å². The van der Waals surface area contributed by atoms with Gasteiger partial charge in [0.05, 0.1) is 15.1 Å². The molecular formula is C12H4Cl4F3N. The van der Waals surface area contributed by atoms with Gasteiger partial charge >= 0.3 is 6.18 Å². The van der Waals surface area contributed by atoms with Gasteiger partial charge in [-0.3, -0.25) is 0 Å². The second-order valence-corrected chi connectivity index (χ2v) is 5.36. The fourth-order valence-corrected chi connectivity index (χ4v) is 2.34. The van der Waals surface area contributed by atoms with Crippen LogP contribution in [-0.2, 0) is 6.18 Å². The summed E-state index contributed by atoms with van der Waals surface area (Å²) in [6.45, 7) is 0. The first-order valence-corrected chi connectivity index (χ1v) is 6.60. The summed E-state index contributed by atoms with van der Waals surface area (Å²) in [7, 11) is 0. The summed E-state index contributed by atoms with van der Waals surface area (Å²) in [5, 5.41) is -0.0747. The lowest BCUT2D eigenvalue weighted by Gasteiger charge is -2.13. The van der Waals surface area contributed by atoms with Gasteiger partial charge in [0.1, 0.15) is 5.15 Å². The quantitative estimate of drug-likeness (QED) is 0.424. The van der Waals surface area contributed by atoms with Crippen LogP contribution in [0, 0.1) is 0 Å². The van der Waals surface area contributed by atoms with Crippen molar-refractivity contribution in [1.82, 2.24) is 4.98 Å². The van der Waals surface area contributed by atoms with E-state index in [0.29, 0.717) is 0 Å². The van der Waals surface area contributed by atoms with Crippen LogP contribution in [0.5, 0.6) is 0 Å². The fourth-order valence-electron chi connectivity index (χ4n) is 1.60. The fraction of sp³-hybridized carbons (Fsp3) is 0.0833. The Labute approximate surface area is 132 Å². The average Bonchev–Trinajstić information content (AvgIpc) is 2.34. The first-order valence-electron chi connectivity index (χ1n) is 5.09. The second kappa shape index (κ2) is 5.60. The zero-order valence-electron chi connectivity index (χ0n) is 9.40. The molecule has 0 spiro atoms. The molecule has 0 aliphatic carbocycles. The lowest BCUT2D eigenvalue weighted by atomic mass is 10.0. The summed E-state index contributed by atoms with van der Waals surface area (Å²) in [6.07, 6.45) is -4.65. The number of halogens is 7. The van der Waals surface area contributed by atoms with Gasteiger partial charge in [-0.1, -0.05) is 46.4 Å². The highest BCUT2D eigenvalue weighted by atomic mass is 35.5. The minimum Gasteiger partial charge on any atom is -0.231 e. The molecule has 106 valence electrons. The zero-order valence-corrected chi connectivity index (χ0v) is 12.4. The van der Waals surface area contributed by atoms with E-state index in [0.717, 1.165) is 0 Å². The molecule has 0 aliphatic heterocycles. The zero-order chi connectivity index (χ0) is 15.1. The predicted molar refractivity (Wildman–Crippen MR) is 74.7 cm³/mol. The summed E-state index contributed by atoms with van der Waals surface area (Å²) in [5.41, 5.74) is -1.14. The summed E-state index contributed by atoms with van der Waals surface area (Å²) in [4.78, 5) is 3.32. The van der Waals surface area contributed by atoms with Gasteiger partial charge in [-0.25, -0.2) is 4.98 Å². The number of alkyl halides is 3. The Hall–Kier alpha value is -0.680. The van der Waals surface area contributed by atoms with E-state index in [2.05, 4.69) is 4.98 Å². The average molecular weight is 361 g/mol. The van der Waals surface area contributed by atoms with Crippen molar-refractivity contribution in [3.63, 3.8) is 0 Å². The van der Waals surface area contributed by atoms with E-state index < -0.39 is 11.9 Å². The van der Waals surface area contributed by atoms with Crippen molar-refractivity contribution in [1.29, 1.82) is 0 Å². The number of pyridine rings is 1. The highest BCUT2D eigenvalue weighted by Gasteiger charge is 2.36. The van der Waals surface area contributed by atoms with Crippen LogP contribution in [-0.4, -0.2) is 4.98 Å². The third kappa shape index (κ3) is 3.14. The maximum Gasteiger partial charge on any atom is 0.434 e. The molecule has 0 N–H and O–H groups in total. The Morgan fingerprint density at radius 2 is 1.45 bits per heavy atom. The Morgan fingerprint density at radius 3 is 1.95 bits per heavy atom. The lowest BCUT2D eigenvalue weighted by Crippen LogP contribution is -2.10. The van der Waals surface area contributed by atoms with Gasteiger partial charge in [0.15, 0.2) is 5.69 Å².